The number of hydrogen-bond acceptors (Lipinski definition) is 0. The molecule has 1 heterocycles. The van der Waals surface area contributed by atoms with Gasteiger partial charge in [-0.15, -0.1) is 74.6 Å². The van der Waals surface area contributed by atoms with E-state index in [1.807, 2.05) is 6.07 Å². The second-order valence-corrected chi connectivity index (χ2v) is 33.2. The molecule has 0 saturated heterocycles. The summed E-state index contributed by atoms with van der Waals surface area (Å²) >= 11 is -0.826. The minimum absolute atomic E-state index is 0.116. The Kier molecular flexibility index (Phi) is 19.0. The topological polar surface area (TPSA) is 0 Å². The Labute approximate surface area is 483 Å². The van der Waals surface area contributed by atoms with Gasteiger partial charge in [-0.1, -0.05) is 246 Å². The molecule has 0 saturated carbocycles. The third-order valence-corrected chi connectivity index (χ3v) is 16.4. The van der Waals surface area contributed by atoms with Gasteiger partial charge < -0.3 is 0 Å². The van der Waals surface area contributed by atoms with Crippen LogP contribution in [0, 0.1) is 6.07 Å². The van der Waals surface area contributed by atoms with Gasteiger partial charge in [-0.3, -0.25) is 0 Å². The fourth-order valence-corrected chi connectivity index (χ4v) is 11.4. The molecule has 0 atom stereocenters. The largest absolute Gasteiger partial charge is 0.184 e. The Balaban J connectivity index is 0.000000192. The Morgan fingerprint density at radius 3 is 1.13 bits per heavy atom. The molecular formula is C72H89Cl2SiZr-3. The van der Waals surface area contributed by atoms with Crippen LogP contribution in [-0.2, 0) is 53.3 Å². The number of rotatable bonds is 4. The van der Waals surface area contributed by atoms with E-state index in [9.17, 15) is 0 Å². The van der Waals surface area contributed by atoms with E-state index >= 15 is 0 Å². The standard InChI is InChI=1S/2C30H41.C12H7Si.2ClH.Zr/c2*1-19(2)25-13-12-20-14-24(30(9,10)11)18-26(20)27(25)21-15-22(28(3,4)5)17-23(16-21)29(6,7)8;1-3-7-11-9(5-1)10-6-2-4-8-12(10)13-11;;;/h2*12-19H,1-11H3;1-7H;2*1H;/q3*-1;;;+2/p-2. The second kappa shape index (κ2) is 23.5. The number of fused-ring (bicyclic) bond motifs is 5. The van der Waals surface area contributed by atoms with Crippen LogP contribution in [0.1, 0.15) is 209 Å². The summed E-state index contributed by atoms with van der Waals surface area (Å²) in [6, 6.07) is 51.8. The van der Waals surface area contributed by atoms with Gasteiger partial charge in [0.15, 0.2) is 0 Å². The van der Waals surface area contributed by atoms with Crippen LogP contribution in [0.15, 0.2) is 127 Å². The van der Waals surface area contributed by atoms with Crippen molar-refractivity contribution in [1.82, 2.24) is 0 Å². The molecule has 0 amide bonds. The Bertz CT molecular complexity index is 2990. The van der Waals surface area contributed by atoms with Gasteiger partial charge in [0.25, 0.3) is 0 Å². The normalized spacial score (nSPS) is 12.9. The van der Waals surface area contributed by atoms with Gasteiger partial charge >= 0.3 is 37.9 Å². The maximum Gasteiger partial charge on any atom is 0.0920 e. The maximum absolute atomic E-state index is 4.93. The van der Waals surface area contributed by atoms with E-state index in [2.05, 4.69) is 280 Å². The number of halogens is 2. The van der Waals surface area contributed by atoms with Crippen LogP contribution in [-0.4, -0.2) is 9.52 Å². The molecule has 2 radical (unpaired) electrons. The zero-order chi connectivity index (χ0) is 56.7. The van der Waals surface area contributed by atoms with Crippen molar-refractivity contribution in [3.63, 3.8) is 0 Å². The molecule has 1 aliphatic rings. The Morgan fingerprint density at radius 1 is 0.434 bits per heavy atom. The molecule has 0 N–H and O–H groups in total. The van der Waals surface area contributed by atoms with Gasteiger partial charge in [0.1, 0.15) is 0 Å². The van der Waals surface area contributed by atoms with Crippen molar-refractivity contribution in [1.29, 1.82) is 0 Å². The molecule has 0 nitrogen and oxygen atoms in total. The van der Waals surface area contributed by atoms with Crippen molar-refractivity contribution >= 4 is 58.5 Å². The molecule has 76 heavy (non-hydrogen) atoms. The van der Waals surface area contributed by atoms with Gasteiger partial charge in [0, 0.05) is 0 Å². The molecule has 8 aromatic rings. The van der Waals surface area contributed by atoms with Crippen LogP contribution in [0.3, 0.4) is 0 Å². The minimum Gasteiger partial charge on any atom is -0.184 e. The first-order chi connectivity index (χ1) is 35.0. The van der Waals surface area contributed by atoms with Crippen LogP contribution < -0.4 is 10.4 Å². The van der Waals surface area contributed by atoms with E-state index in [1.165, 1.54) is 110 Å². The van der Waals surface area contributed by atoms with Gasteiger partial charge in [-0.25, -0.2) is 0 Å². The molecule has 1 aliphatic heterocycles. The third kappa shape index (κ3) is 14.5. The SMILES string of the molecule is CC(C)c1ccc2[cH-]c(C(C)(C)C)cc2c1-c1cc(C(C)(C)C)cc(C(C)(C)C)c1.CC(C)c1ccc2[cH-]c(C(C)(C)C)cc2c1-c1cc(C(C)(C)C)cc(C(C)(C)C)c1.[Cl][Zr][Cl].[c-]1cccc2c1[Si]c1ccccc1-2. The van der Waals surface area contributed by atoms with Crippen LogP contribution in [0.4, 0.5) is 0 Å². The third-order valence-electron chi connectivity index (χ3n) is 15.1. The maximum atomic E-state index is 4.93. The monoisotopic (exact) mass is 1140 g/mol. The van der Waals surface area contributed by atoms with Crippen molar-refractivity contribution in [2.75, 3.05) is 0 Å². The van der Waals surface area contributed by atoms with E-state index < -0.39 is 20.8 Å². The summed E-state index contributed by atoms with van der Waals surface area (Å²) in [5, 5.41) is 8.34. The average molecular weight is 1140 g/mol. The molecule has 0 unspecified atom stereocenters. The van der Waals surface area contributed by atoms with E-state index in [4.69, 9.17) is 17.0 Å². The predicted octanol–water partition coefficient (Wildman–Crippen LogP) is 21.0. The van der Waals surface area contributed by atoms with Crippen molar-refractivity contribution < 1.29 is 20.8 Å². The van der Waals surface area contributed by atoms with Crippen LogP contribution in [0.2, 0.25) is 0 Å². The van der Waals surface area contributed by atoms with Crippen LogP contribution in [0.5, 0.6) is 0 Å². The first-order valence-corrected chi connectivity index (χ1v) is 35.0. The fraction of sp³-hybridized carbons (Fsp3) is 0.417. The molecule has 4 heteroatoms. The molecule has 0 bridgehead atoms. The number of benzene rings is 6. The summed E-state index contributed by atoms with van der Waals surface area (Å²) in [6.45, 7) is 51.0. The van der Waals surface area contributed by atoms with E-state index in [0.29, 0.717) is 11.8 Å². The van der Waals surface area contributed by atoms with E-state index in [1.54, 1.807) is 0 Å². The minimum atomic E-state index is -0.826. The van der Waals surface area contributed by atoms with Gasteiger partial charge in [-0.2, -0.15) is 41.6 Å². The summed E-state index contributed by atoms with van der Waals surface area (Å²) in [6.07, 6.45) is 0. The molecule has 0 fully saturated rings. The molecular weight excluding hydrogens is 1060 g/mol. The van der Waals surface area contributed by atoms with Crippen molar-refractivity contribution in [2.45, 2.75) is 197 Å². The average Bonchev–Trinajstić information content (AvgIpc) is 4.06. The first kappa shape index (κ1) is 61.4. The van der Waals surface area contributed by atoms with Crippen molar-refractivity contribution in [2.24, 2.45) is 0 Å². The van der Waals surface area contributed by atoms with Gasteiger partial charge in [-0.05, 0) is 77.7 Å². The molecule has 8 aromatic carbocycles. The number of hydrogen-bond donors (Lipinski definition) is 0. The quantitative estimate of drug-likeness (QED) is 0.122. The summed E-state index contributed by atoms with van der Waals surface area (Å²) < 4.78 is 0. The predicted molar refractivity (Wildman–Crippen MR) is 338 cm³/mol. The summed E-state index contributed by atoms with van der Waals surface area (Å²) in [5.41, 5.74) is 20.5. The molecule has 9 rings (SSSR count). The van der Waals surface area contributed by atoms with Crippen molar-refractivity contribution in [3.8, 4) is 33.4 Å². The first-order valence-electron chi connectivity index (χ1n) is 27.7. The Hall–Kier alpha value is -3.78. The zero-order valence-electron chi connectivity index (χ0n) is 50.5. The smallest absolute Gasteiger partial charge is 0.0920 e. The van der Waals surface area contributed by atoms with Crippen LogP contribution >= 0.6 is 17.0 Å². The summed E-state index contributed by atoms with van der Waals surface area (Å²) in [4.78, 5) is 0. The van der Waals surface area contributed by atoms with E-state index in [-0.39, 0.29) is 32.5 Å². The summed E-state index contributed by atoms with van der Waals surface area (Å²) in [7, 11) is 10.7. The van der Waals surface area contributed by atoms with Crippen molar-refractivity contribution in [3.05, 3.63) is 178 Å². The Morgan fingerprint density at radius 2 is 0.789 bits per heavy atom. The van der Waals surface area contributed by atoms with E-state index in [0.717, 1.165) is 9.52 Å². The molecule has 0 aliphatic carbocycles. The second-order valence-electron chi connectivity index (χ2n) is 28.2. The molecule has 0 aromatic heterocycles. The molecule has 402 valence electrons. The van der Waals surface area contributed by atoms with Crippen LogP contribution in [0.25, 0.3) is 54.9 Å². The fourth-order valence-electron chi connectivity index (χ4n) is 10.1. The zero-order valence-corrected chi connectivity index (χ0v) is 55.5. The molecule has 0 spiro atoms. The van der Waals surface area contributed by atoms with Gasteiger partial charge in [0.2, 0.25) is 0 Å². The van der Waals surface area contributed by atoms with Gasteiger partial charge in [0.05, 0.1) is 9.52 Å². The summed E-state index contributed by atoms with van der Waals surface area (Å²) in [5.74, 6) is 0.961.